The number of carbonyl (C=O) groups is 2. The largest absolute Gasteiger partial charge is 0.325 e. The van der Waals surface area contributed by atoms with Gasteiger partial charge in [-0.25, -0.2) is 4.98 Å². The third-order valence-electron chi connectivity index (χ3n) is 4.62. The summed E-state index contributed by atoms with van der Waals surface area (Å²) in [6.07, 6.45) is 1.75. The van der Waals surface area contributed by atoms with E-state index in [1.165, 1.54) is 23.1 Å². The van der Waals surface area contributed by atoms with Gasteiger partial charge < -0.3 is 15.2 Å². The third kappa shape index (κ3) is 5.25. The Balaban J connectivity index is 1.65. The fourth-order valence-corrected chi connectivity index (χ4v) is 4.25. The maximum Gasteiger partial charge on any atom is 0.239 e. The van der Waals surface area contributed by atoms with E-state index in [0.29, 0.717) is 22.7 Å². The van der Waals surface area contributed by atoms with Gasteiger partial charge in [-0.15, -0.1) is 21.5 Å². The van der Waals surface area contributed by atoms with Crippen molar-refractivity contribution in [1.29, 1.82) is 0 Å². The molecule has 2 aromatic heterocycles. The van der Waals surface area contributed by atoms with Crippen LogP contribution in [-0.2, 0) is 22.6 Å². The molecule has 3 rings (SSSR count). The fraction of sp³-hybridized carbons (Fsp3) is 0.350. The first kappa shape index (κ1) is 22.0. The summed E-state index contributed by atoms with van der Waals surface area (Å²) in [5.74, 6) is 0.252. The van der Waals surface area contributed by atoms with Crippen LogP contribution in [0.25, 0.3) is 0 Å². The topological polar surface area (TPSA) is 102 Å². The second-order valence-corrected chi connectivity index (χ2v) is 8.90. The first-order chi connectivity index (χ1) is 14.4. The molecule has 1 aromatic carbocycles. The first-order valence-corrected chi connectivity index (χ1v) is 11.3. The van der Waals surface area contributed by atoms with Crippen LogP contribution in [0.15, 0.2) is 34.9 Å². The zero-order chi connectivity index (χ0) is 21.7. The number of nitrogens with zero attached hydrogens (tertiary/aromatic N) is 4. The van der Waals surface area contributed by atoms with E-state index < -0.39 is 0 Å². The molecular weight excluding hydrogens is 420 g/mol. The lowest BCUT2D eigenvalue weighted by atomic mass is 10.1. The van der Waals surface area contributed by atoms with Gasteiger partial charge in [-0.2, -0.15) is 0 Å². The second-order valence-electron chi connectivity index (χ2n) is 6.70. The van der Waals surface area contributed by atoms with Crippen molar-refractivity contribution in [2.75, 3.05) is 10.6 Å². The number of nitrogens with one attached hydrogen (secondary N) is 2. The number of thiazole rings is 1. The van der Waals surface area contributed by atoms with Crippen LogP contribution < -0.4 is 10.6 Å². The summed E-state index contributed by atoms with van der Waals surface area (Å²) < 4.78 is 1.86. The van der Waals surface area contributed by atoms with Gasteiger partial charge in [0.25, 0.3) is 0 Å². The molecule has 0 aliphatic rings. The average Bonchev–Trinajstić information content (AvgIpc) is 3.35. The molecule has 0 saturated heterocycles. The fourth-order valence-electron chi connectivity index (χ4n) is 2.78. The monoisotopic (exact) mass is 444 g/mol. The van der Waals surface area contributed by atoms with Gasteiger partial charge in [-0.3, -0.25) is 9.59 Å². The van der Waals surface area contributed by atoms with Crippen LogP contribution in [0.4, 0.5) is 10.8 Å². The first-order valence-electron chi connectivity index (χ1n) is 9.54. The van der Waals surface area contributed by atoms with Crippen LogP contribution in [0.1, 0.15) is 30.8 Å². The molecule has 1 atom stereocenters. The summed E-state index contributed by atoms with van der Waals surface area (Å²) in [7, 11) is 0. The van der Waals surface area contributed by atoms with E-state index >= 15 is 0 Å². The summed E-state index contributed by atoms with van der Waals surface area (Å²) in [5, 5.41) is 16.7. The normalized spacial score (nSPS) is 11.9. The lowest BCUT2D eigenvalue weighted by Crippen LogP contribution is -2.23. The molecule has 10 heteroatoms. The summed E-state index contributed by atoms with van der Waals surface area (Å²) in [4.78, 5) is 29.0. The Kier molecular flexibility index (Phi) is 7.22. The maximum absolute atomic E-state index is 12.6. The van der Waals surface area contributed by atoms with Gasteiger partial charge in [0.15, 0.2) is 10.3 Å². The van der Waals surface area contributed by atoms with E-state index in [2.05, 4.69) is 25.8 Å². The lowest BCUT2D eigenvalue weighted by molar-refractivity contribution is -0.116. The van der Waals surface area contributed by atoms with Crippen molar-refractivity contribution < 1.29 is 9.59 Å². The van der Waals surface area contributed by atoms with Crippen molar-refractivity contribution >= 4 is 45.7 Å². The van der Waals surface area contributed by atoms with E-state index in [-0.39, 0.29) is 23.5 Å². The molecule has 8 nitrogen and oxygen atoms in total. The van der Waals surface area contributed by atoms with Gasteiger partial charge in [-0.05, 0) is 44.9 Å². The Labute approximate surface area is 183 Å². The standard InChI is InChI=1S/C20H24N6O2S2/c1-5-26-16(11-17(27)22-15-8-6-7-12(2)13(15)3)24-25-20(26)30-14(4)18(28)23-19-21-9-10-29-19/h6-10,14H,5,11H2,1-4H3,(H,22,27)(H,21,23,28). The highest BCUT2D eigenvalue weighted by Gasteiger charge is 2.21. The Morgan fingerprint density at radius 2 is 2.03 bits per heavy atom. The van der Waals surface area contributed by atoms with Gasteiger partial charge in [0.05, 0.1) is 11.7 Å². The van der Waals surface area contributed by atoms with Crippen LogP contribution in [0.3, 0.4) is 0 Å². The number of hydrogen-bond donors (Lipinski definition) is 2. The maximum atomic E-state index is 12.6. The quantitative estimate of drug-likeness (QED) is 0.514. The summed E-state index contributed by atoms with van der Waals surface area (Å²) in [5.41, 5.74) is 2.96. The third-order valence-corrected chi connectivity index (χ3v) is 6.39. The molecule has 1 unspecified atom stereocenters. The number of amides is 2. The van der Waals surface area contributed by atoms with E-state index in [9.17, 15) is 9.59 Å². The molecule has 0 fully saturated rings. The van der Waals surface area contributed by atoms with Gasteiger partial charge in [0, 0.05) is 23.8 Å². The summed E-state index contributed by atoms with van der Waals surface area (Å²) in [6, 6.07) is 5.81. The Morgan fingerprint density at radius 3 is 2.73 bits per heavy atom. The Hall–Kier alpha value is -2.72. The van der Waals surface area contributed by atoms with E-state index in [4.69, 9.17) is 0 Å². The molecule has 30 heavy (non-hydrogen) atoms. The highest BCUT2D eigenvalue weighted by atomic mass is 32.2. The van der Waals surface area contributed by atoms with Gasteiger partial charge in [0.2, 0.25) is 11.8 Å². The van der Waals surface area contributed by atoms with Crippen LogP contribution >= 0.6 is 23.1 Å². The zero-order valence-electron chi connectivity index (χ0n) is 17.3. The molecule has 0 radical (unpaired) electrons. The number of hydrogen-bond acceptors (Lipinski definition) is 7. The molecule has 2 N–H and O–H groups in total. The van der Waals surface area contributed by atoms with Gasteiger partial charge >= 0.3 is 0 Å². The SMILES string of the molecule is CCn1c(CC(=O)Nc2cccc(C)c2C)nnc1SC(C)C(=O)Nc1nccs1. The van der Waals surface area contributed by atoms with Crippen LogP contribution in [0.2, 0.25) is 0 Å². The predicted octanol–water partition coefficient (Wildman–Crippen LogP) is 3.67. The number of aromatic nitrogens is 4. The predicted molar refractivity (Wildman–Crippen MR) is 120 cm³/mol. The smallest absolute Gasteiger partial charge is 0.239 e. The Morgan fingerprint density at radius 1 is 1.23 bits per heavy atom. The van der Waals surface area contributed by atoms with Crippen molar-refractivity contribution in [2.45, 2.75) is 51.1 Å². The molecule has 0 bridgehead atoms. The molecule has 2 heterocycles. The molecule has 3 aromatic rings. The molecular formula is C20H24N6O2S2. The highest BCUT2D eigenvalue weighted by Crippen LogP contribution is 2.24. The van der Waals surface area contributed by atoms with E-state index in [0.717, 1.165) is 16.8 Å². The molecule has 158 valence electrons. The van der Waals surface area contributed by atoms with Crippen LogP contribution in [0.5, 0.6) is 0 Å². The molecule has 0 aliphatic carbocycles. The van der Waals surface area contributed by atoms with E-state index in [1.54, 1.807) is 18.5 Å². The minimum absolute atomic E-state index is 0.106. The summed E-state index contributed by atoms with van der Waals surface area (Å²) >= 11 is 2.67. The molecule has 0 aliphatic heterocycles. The molecule has 0 saturated carbocycles. The van der Waals surface area contributed by atoms with Crippen LogP contribution in [-0.4, -0.2) is 36.8 Å². The zero-order valence-corrected chi connectivity index (χ0v) is 18.9. The molecule has 2 amide bonds. The van der Waals surface area contributed by atoms with Crippen LogP contribution in [0, 0.1) is 13.8 Å². The average molecular weight is 445 g/mol. The van der Waals surface area contributed by atoms with Crippen molar-refractivity contribution in [1.82, 2.24) is 19.7 Å². The van der Waals surface area contributed by atoms with Crippen molar-refractivity contribution in [2.24, 2.45) is 0 Å². The second kappa shape index (κ2) is 9.86. The minimum Gasteiger partial charge on any atom is -0.325 e. The number of thioether (sulfide) groups is 1. The van der Waals surface area contributed by atoms with Gasteiger partial charge in [0.1, 0.15) is 5.82 Å². The van der Waals surface area contributed by atoms with Gasteiger partial charge in [-0.1, -0.05) is 23.9 Å². The van der Waals surface area contributed by atoms with Crippen molar-refractivity contribution in [3.63, 3.8) is 0 Å². The lowest BCUT2D eigenvalue weighted by Gasteiger charge is -2.12. The number of benzene rings is 1. The summed E-state index contributed by atoms with van der Waals surface area (Å²) in [6.45, 7) is 8.34. The number of anilines is 2. The minimum atomic E-state index is -0.389. The molecule has 0 spiro atoms. The number of carbonyl (C=O) groups excluding carboxylic acids is 2. The van der Waals surface area contributed by atoms with Crippen molar-refractivity contribution in [3.05, 3.63) is 46.7 Å². The van der Waals surface area contributed by atoms with Crippen molar-refractivity contribution in [3.8, 4) is 0 Å². The van der Waals surface area contributed by atoms with E-state index in [1.807, 2.05) is 43.5 Å². The Bertz CT molecular complexity index is 1030. The number of rotatable bonds is 8. The number of aryl methyl sites for hydroxylation is 1. The highest BCUT2D eigenvalue weighted by molar-refractivity contribution is 8.00.